The molecule has 0 amide bonds. The van der Waals surface area contributed by atoms with Gasteiger partial charge in [0.1, 0.15) is 5.75 Å². The van der Waals surface area contributed by atoms with Gasteiger partial charge in [-0.15, -0.1) is 0 Å². The number of carbonyl (C=O) groups excluding carboxylic acids is 2. The number of esters is 1. The first-order valence-electron chi connectivity index (χ1n) is 5.76. The zero-order valence-electron chi connectivity index (χ0n) is 10.5. The topological polar surface area (TPSA) is 43.4 Å². The summed E-state index contributed by atoms with van der Waals surface area (Å²) in [6.07, 6.45) is 0. The number of benzene rings is 2. The first kappa shape index (κ1) is 14.6. The molecule has 5 heteroatoms. The van der Waals surface area contributed by atoms with Gasteiger partial charge < -0.3 is 4.74 Å². The van der Waals surface area contributed by atoms with Gasteiger partial charge >= 0.3 is 5.97 Å². The lowest BCUT2D eigenvalue weighted by Crippen LogP contribution is -2.09. The third kappa shape index (κ3) is 3.18. The van der Waals surface area contributed by atoms with Crippen molar-refractivity contribution in [2.45, 2.75) is 6.92 Å². The van der Waals surface area contributed by atoms with Gasteiger partial charge in [0.15, 0.2) is 5.78 Å². The molecule has 0 radical (unpaired) electrons. The van der Waals surface area contributed by atoms with Crippen LogP contribution in [-0.2, 0) is 4.79 Å². The van der Waals surface area contributed by atoms with Gasteiger partial charge in [0.25, 0.3) is 0 Å². The van der Waals surface area contributed by atoms with Crippen LogP contribution in [0.1, 0.15) is 22.8 Å². The Morgan fingerprint density at radius 3 is 2.35 bits per heavy atom. The Bertz CT molecular complexity index is 681. The minimum absolute atomic E-state index is 0.205. The normalized spacial score (nSPS) is 10.2. The third-order valence-electron chi connectivity index (χ3n) is 2.56. The molecule has 0 heterocycles. The van der Waals surface area contributed by atoms with Gasteiger partial charge in [0, 0.05) is 17.5 Å². The second-order valence-corrected chi connectivity index (χ2v) is 4.89. The number of hydrogen-bond acceptors (Lipinski definition) is 3. The molecule has 0 spiro atoms. The van der Waals surface area contributed by atoms with Gasteiger partial charge in [-0.25, -0.2) is 0 Å². The van der Waals surface area contributed by atoms with Crippen LogP contribution in [0, 0.1) is 0 Å². The van der Waals surface area contributed by atoms with Gasteiger partial charge in [-0.3, -0.25) is 9.59 Å². The average Bonchev–Trinajstić information content (AvgIpc) is 2.38. The zero-order valence-corrected chi connectivity index (χ0v) is 12.0. The zero-order chi connectivity index (χ0) is 14.7. The number of carbonyl (C=O) groups is 2. The molecule has 2 aromatic rings. The molecule has 2 rings (SSSR count). The van der Waals surface area contributed by atoms with E-state index < -0.39 is 5.97 Å². The quantitative estimate of drug-likeness (QED) is 0.486. The van der Waals surface area contributed by atoms with Crippen molar-refractivity contribution in [3.05, 3.63) is 63.6 Å². The summed E-state index contributed by atoms with van der Waals surface area (Å²) in [7, 11) is 0. The van der Waals surface area contributed by atoms with Crippen LogP contribution in [-0.4, -0.2) is 11.8 Å². The van der Waals surface area contributed by atoms with Crippen LogP contribution in [0.25, 0.3) is 0 Å². The lowest BCUT2D eigenvalue weighted by atomic mass is 10.0. The summed E-state index contributed by atoms with van der Waals surface area (Å²) in [4.78, 5) is 23.5. The van der Waals surface area contributed by atoms with Crippen molar-refractivity contribution in [3.63, 3.8) is 0 Å². The van der Waals surface area contributed by atoms with E-state index in [0.717, 1.165) is 0 Å². The molecular weight excluding hydrogens is 299 g/mol. The molecule has 0 unspecified atom stereocenters. The highest BCUT2D eigenvalue weighted by Crippen LogP contribution is 2.27. The summed E-state index contributed by atoms with van der Waals surface area (Å²) >= 11 is 11.8. The van der Waals surface area contributed by atoms with Crippen LogP contribution < -0.4 is 4.74 Å². The second kappa shape index (κ2) is 6.07. The van der Waals surface area contributed by atoms with Gasteiger partial charge in [0.05, 0.1) is 10.6 Å². The molecule has 20 heavy (non-hydrogen) atoms. The van der Waals surface area contributed by atoms with Crippen molar-refractivity contribution < 1.29 is 14.3 Å². The van der Waals surface area contributed by atoms with Crippen LogP contribution in [0.3, 0.4) is 0 Å². The largest absolute Gasteiger partial charge is 0.426 e. The predicted octanol–water partition coefficient (Wildman–Crippen LogP) is 4.15. The summed E-state index contributed by atoms with van der Waals surface area (Å²) in [5.74, 6) is -0.619. The molecule has 0 bridgehead atoms. The maximum Gasteiger partial charge on any atom is 0.308 e. The van der Waals surface area contributed by atoms with Gasteiger partial charge in [-0.05, 0) is 30.3 Å². The molecular formula is C15H10Cl2O3. The van der Waals surface area contributed by atoms with E-state index in [1.165, 1.54) is 19.1 Å². The van der Waals surface area contributed by atoms with Crippen molar-refractivity contribution in [2.24, 2.45) is 0 Å². The van der Waals surface area contributed by atoms with Gasteiger partial charge in [0.2, 0.25) is 0 Å². The predicted molar refractivity (Wildman–Crippen MR) is 77.6 cm³/mol. The fourth-order valence-electron chi connectivity index (χ4n) is 1.72. The maximum atomic E-state index is 12.5. The lowest BCUT2D eigenvalue weighted by molar-refractivity contribution is -0.131. The Morgan fingerprint density at radius 2 is 1.70 bits per heavy atom. The number of ketones is 1. The Balaban J connectivity index is 2.45. The molecule has 0 fully saturated rings. The van der Waals surface area contributed by atoms with Crippen LogP contribution in [0.5, 0.6) is 5.75 Å². The number of halogens is 2. The number of ether oxygens (including phenoxy) is 1. The minimum atomic E-state index is -0.493. The monoisotopic (exact) mass is 308 g/mol. The highest BCUT2D eigenvalue weighted by atomic mass is 35.5. The van der Waals surface area contributed by atoms with E-state index in [2.05, 4.69) is 0 Å². The van der Waals surface area contributed by atoms with E-state index in [9.17, 15) is 9.59 Å². The van der Waals surface area contributed by atoms with E-state index >= 15 is 0 Å². The molecule has 0 aliphatic heterocycles. The number of hydrogen-bond donors (Lipinski definition) is 0. The molecule has 0 N–H and O–H groups in total. The SMILES string of the molecule is CC(=O)Oc1ccccc1C(=O)c1ccc(Cl)cc1Cl. The highest BCUT2D eigenvalue weighted by Gasteiger charge is 2.18. The summed E-state index contributed by atoms with van der Waals surface area (Å²) in [5.41, 5.74) is 0.572. The minimum Gasteiger partial charge on any atom is -0.426 e. The Morgan fingerprint density at radius 1 is 1.00 bits per heavy atom. The van der Waals surface area contributed by atoms with Crippen LogP contribution in [0.2, 0.25) is 10.0 Å². The molecule has 3 nitrogen and oxygen atoms in total. The highest BCUT2D eigenvalue weighted by molar-refractivity contribution is 6.37. The Kier molecular flexibility index (Phi) is 4.42. The van der Waals surface area contributed by atoms with E-state index in [1.807, 2.05) is 0 Å². The van der Waals surface area contributed by atoms with Gasteiger partial charge in [-0.2, -0.15) is 0 Å². The number of para-hydroxylation sites is 1. The molecule has 0 saturated heterocycles. The van der Waals surface area contributed by atoms with Crippen LogP contribution in [0.4, 0.5) is 0 Å². The molecule has 0 aliphatic rings. The summed E-state index contributed by atoms with van der Waals surface area (Å²) < 4.78 is 5.02. The van der Waals surface area contributed by atoms with E-state index in [1.54, 1.807) is 30.3 Å². The Hall–Kier alpha value is -1.84. The van der Waals surface area contributed by atoms with Gasteiger partial charge in [-0.1, -0.05) is 35.3 Å². The number of rotatable bonds is 3. The summed E-state index contributed by atoms with van der Waals surface area (Å²) in [5, 5.41) is 0.694. The third-order valence-corrected chi connectivity index (χ3v) is 3.11. The van der Waals surface area contributed by atoms with Crippen molar-refractivity contribution in [3.8, 4) is 5.75 Å². The van der Waals surface area contributed by atoms with Crippen LogP contribution in [0.15, 0.2) is 42.5 Å². The first-order chi connectivity index (χ1) is 9.49. The summed E-state index contributed by atoms with van der Waals surface area (Å²) in [6, 6.07) is 11.1. The van der Waals surface area contributed by atoms with E-state index in [0.29, 0.717) is 10.6 Å². The molecule has 0 saturated carbocycles. The fourth-order valence-corrected chi connectivity index (χ4v) is 2.21. The smallest absolute Gasteiger partial charge is 0.308 e. The van der Waals surface area contributed by atoms with Crippen molar-refractivity contribution in [1.29, 1.82) is 0 Å². The molecule has 0 aromatic heterocycles. The molecule has 0 atom stereocenters. The van der Waals surface area contributed by atoms with E-state index in [-0.39, 0.29) is 22.1 Å². The Labute approximate surface area is 126 Å². The van der Waals surface area contributed by atoms with Crippen molar-refractivity contribution >= 4 is 35.0 Å². The average molecular weight is 309 g/mol. The summed E-state index contributed by atoms with van der Waals surface area (Å²) in [6.45, 7) is 1.27. The molecule has 102 valence electrons. The maximum absolute atomic E-state index is 12.5. The second-order valence-electron chi connectivity index (χ2n) is 4.04. The molecule has 2 aromatic carbocycles. The molecule has 0 aliphatic carbocycles. The lowest BCUT2D eigenvalue weighted by Gasteiger charge is -2.09. The van der Waals surface area contributed by atoms with E-state index in [4.69, 9.17) is 27.9 Å². The van der Waals surface area contributed by atoms with Crippen molar-refractivity contribution in [1.82, 2.24) is 0 Å². The standard InChI is InChI=1S/C15H10Cl2O3/c1-9(18)20-14-5-3-2-4-12(14)15(19)11-7-6-10(16)8-13(11)17/h2-8H,1H3. The van der Waals surface area contributed by atoms with Crippen molar-refractivity contribution in [2.75, 3.05) is 0 Å². The van der Waals surface area contributed by atoms with Crippen LogP contribution >= 0.6 is 23.2 Å². The first-order valence-corrected chi connectivity index (χ1v) is 6.52. The fraction of sp³-hybridized carbons (Fsp3) is 0.0667.